The predicted octanol–water partition coefficient (Wildman–Crippen LogP) is 4.30. The zero-order valence-electron chi connectivity index (χ0n) is 11.9. The van der Waals surface area contributed by atoms with Gasteiger partial charge in [-0.05, 0) is 18.4 Å². The molecule has 2 nitrogen and oxygen atoms in total. The highest BCUT2D eigenvalue weighted by atomic mass is 35.5. The first-order valence-electron chi connectivity index (χ1n) is 7.15. The Bertz CT molecular complexity index is 366. The van der Waals surface area contributed by atoms with Crippen molar-refractivity contribution in [1.29, 1.82) is 0 Å². The van der Waals surface area contributed by atoms with E-state index in [0.29, 0.717) is 6.54 Å². The van der Waals surface area contributed by atoms with E-state index in [0.717, 1.165) is 31.2 Å². The molecule has 0 aliphatic carbocycles. The maximum absolute atomic E-state index is 12.0. The molecule has 0 aliphatic rings. The molecule has 0 heterocycles. The van der Waals surface area contributed by atoms with Crippen molar-refractivity contribution in [2.45, 2.75) is 44.9 Å². The molecule has 1 amide bonds. The van der Waals surface area contributed by atoms with Gasteiger partial charge >= 0.3 is 0 Å². The fraction of sp³-hybridized carbons (Fsp3) is 0.562. The molecule has 0 aromatic heterocycles. The lowest BCUT2D eigenvalue weighted by Crippen LogP contribution is -2.32. The van der Waals surface area contributed by atoms with Gasteiger partial charge in [0.25, 0.3) is 0 Å². The number of carbonyl (C=O) groups excluding carboxylic acids is 1. The number of benzene rings is 1. The lowest BCUT2D eigenvalue weighted by atomic mass is 9.98. The summed E-state index contributed by atoms with van der Waals surface area (Å²) in [7, 11) is 0. The summed E-state index contributed by atoms with van der Waals surface area (Å²) in [5.74, 6) is 0.261. The van der Waals surface area contributed by atoms with Gasteiger partial charge in [-0.3, -0.25) is 4.79 Å². The number of unbranched alkanes of at least 4 members (excludes halogenated alkanes) is 1. The molecule has 2 atom stereocenters. The summed E-state index contributed by atoms with van der Waals surface area (Å²) in [5, 5.41) is 2.81. The van der Waals surface area contributed by atoms with E-state index in [2.05, 4.69) is 19.2 Å². The molecule has 1 aromatic rings. The second-order valence-corrected chi connectivity index (χ2v) is 5.40. The summed E-state index contributed by atoms with van der Waals surface area (Å²) in [6, 6.07) is 9.85. The van der Waals surface area contributed by atoms with Crippen molar-refractivity contribution in [2.75, 3.05) is 6.54 Å². The van der Waals surface area contributed by atoms with Crippen molar-refractivity contribution in [3.8, 4) is 0 Å². The molecule has 1 rings (SSSR count). The van der Waals surface area contributed by atoms with Gasteiger partial charge in [0.2, 0.25) is 5.91 Å². The first kappa shape index (κ1) is 16.0. The van der Waals surface area contributed by atoms with Gasteiger partial charge in [-0.25, -0.2) is 0 Å². The normalized spacial score (nSPS) is 13.8. The Morgan fingerprint density at radius 3 is 2.53 bits per heavy atom. The van der Waals surface area contributed by atoms with Gasteiger partial charge in [-0.2, -0.15) is 0 Å². The van der Waals surface area contributed by atoms with E-state index in [-0.39, 0.29) is 17.2 Å². The summed E-state index contributed by atoms with van der Waals surface area (Å²) in [5.41, 5.74) is 1.05. The SMILES string of the molecule is CCCCC(CC)C(=O)NCC(Cl)c1ccccc1. The molecule has 0 spiro atoms. The summed E-state index contributed by atoms with van der Waals surface area (Å²) < 4.78 is 0. The van der Waals surface area contributed by atoms with Crippen molar-refractivity contribution >= 4 is 17.5 Å². The molecular weight excluding hydrogens is 258 g/mol. The number of nitrogens with one attached hydrogen (secondary N) is 1. The van der Waals surface area contributed by atoms with Gasteiger partial charge in [0.15, 0.2) is 0 Å². The average Bonchev–Trinajstić information content (AvgIpc) is 2.46. The maximum atomic E-state index is 12.0. The molecule has 1 aromatic carbocycles. The number of amides is 1. The summed E-state index contributed by atoms with van der Waals surface area (Å²) in [6.45, 7) is 4.71. The Labute approximate surface area is 121 Å². The number of halogens is 1. The number of carbonyl (C=O) groups is 1. The lowest BCUT2D eigenvalue weighted by molar-refractivity contribution is -0.125. The zero-order valence-corrected chi connectivity index (χ0v) is 12.6. The molecule has 106 valence electrons. The molecular formula is C16H24ClNO. The Morgan fingerprint density at radius 2 is 1.95 bits per heavy atom. The van der Waals surface area contributed by atoms with Crippen molar-refractivity contribution < 1.29 is 4.79 Å². The van der Waals surface area contributed by atoms with Crippen LogP contribution in [0.4, 0.5) is 0 Å². The predicted molar refractivity (Wildman–Crippen MR) is 81.4 cm³/mol. The van der Waals surface area contributed by atoms with Crippen LogP contribution in [0.5, 0.6) is 0 Å². The van der Waals surface area contributed by atoms with Crippen LogP contribution in [0.2, 0.25) is 0 Å². The minimum absolute atomic E-state index is 0.125. The minimum atomic E-state index is -0.158. The fourth-order valence-electron chi connectivity index (χ4n) is 2.09. The Balaban J connectivity index is 2.40. The third kappa shape index (κ3) is 5.65. The van der Waals surface area contributed by atoms with Gasteiger partial charge in [0.05, 0.1) is 5.38 Å². The highest BCUT2D eigenvalue weighted by Gasteiger charge is 2.17. The highest BCUT2D eigenvalue weighted by molar-refractivity contribution is 6.21. The smallest absolute Gasteiger partial charge is 0.223 e. The van der Waals surface area contributed by atoms with E-state index >= 15 is 0 Å². The molecule has 0 saturated carbocycles. The molecule has 0 fully saturated rings. The van der Waals surface area contributed by atoms with Crippen LogP contribution in [-0.4, -0.2) is 12.5 Å². The molecule has 3 heteroatoms. The largest absolute Gasteiger partial charge is 0.354 e. The third-order valence-electron chi connectivity index (χ3n) is 3.39. The van der Waals surface area contributed by atoms with Crippen LogP contribution in [0.25, 0.3) is 0 Å². The summed E-state index contributed by atoms with van der Waals surface area (Å²) in [4.78, 5) is 12.0. The highest BCUT2D eigenvalue weighted by Crippen LogP contribution is 2.19. The van der Waals surface area contributed by atoms with Gasteiger partial charge < -0.3 is 5.32 Å². The van der Waals surface area contributed by atoms with E-state index in [1.807, 2.05) is 30.3 Å². The minimum Gasteiger partial charge on any atom is -0.354 e. The number of rotatable bonds is 8. The molecule has 0 bridgehead atoms. The van der Waals surface area contributed by atoms with Crippen molar-refractivity contribution in [3.05, 3.63) is 35.9 Å². The van der Waals surface area contributed by atoms with Crippen LogP contribution in [-0.2, 0) is 4.79 Å². The quantitative estimate of drug-likeness (QED) is 0.707. The molecule has 0 aliphatic heterocycles. The van der Waals surface area contributed by atoms with Crippen molar-refractivity contribution in [1.82, 2.24) is 5.32 Å². The first-order chi connectivity index (χ1) is 9.19. The number of hydrogen-bond acceptors (Lipinski definition) is 1. The van der Waals surface area contributed by atoms with Crippen molar-refractivity contribution in [2.24, 2.45) is 5.92 Å². The van der Waals surface area contributed by atoms with Gasteiger partial charge in [0.1, 0.15) is 0 Å². The van der Waals surface area contributed by atoms with E-state index in [1.165, 1.54) is 0 Å². The van der Waals surface area contributed by atoms with E-state index in [1.54, 1.807) is 0 Å². The molecule has 0 radical (unpaired) electrons. The van der Waals surface area contributed by atoms with E-state index < -0.39 is 0 Å². The van der Waals surface area contributed by atoms with Crippen LogP contribution in [0.15, 0.2) is 30.3 Å². The van der Waals surface area contributed by atoms with Crippen LogP contribution < -0.4 is 5.32 Å². The Kier molecular flexibility index (Phi) is 7.57. The first-order valence-corrected chi connectivity index (χ1v) is 7.59. The second-order valence-electron chi connectivity index (χ2n) is 4.87. The number of alkyl halides is 1. The van der Waals surface area contributed by atoms with Crippen LogP contribution in [0.1, 0.15) is 50.5 Å². The summed E-state index contributed by atoms with van der Waals surface area (Å²) in [6.07, 6.45) is 4.10. The van der Waals surface area contributed by atoms with E-state index in [9.17, 15) is 4.79 Å². The maximum Gasteiger partial charge on any atom is 0.223 e. The molecule has 1 N–H and O–H groups in total. The second kappa shape index (κ2) is 8.98. The fourth-order valence-corrected chi connectivity index (χ4v) is 2.31. The lowest BCUT2D eigenvalue weighted by Gasteiger charge is -2.16. The number of hydrogen-bond donors (Lipinski definition) is 1. The van der Waals surface area contributed by atoms with Crippen molar-refractivity contribution in [3.63, 3.8) is 0 Å². The average molecular weight is 282 g/mol. The van der Waals surface area contributed by atoms with Crippen LogP contribution >= 0.6 is 11.6 Å². The molecule has 19 heavy (non-hydrogen) atoms. The van der Waals surface area contributed by atoms with Gasteiger partial charge in [-0.15, -0.1) is 11.6 Å². The van der Waals surface area contributed by atoms with Gasteiger partial charge in [-0.1, -0.05) is 57.0 Å². The summed E-state index contributed by atoms with van der Waals surface area (Å²) >= 11 is 6.29. The standard InChI is InChI=1S/C16H24ClNO/c1-3-5-9-13(4-2)16(19)18-12-15(17)14-10-7-6-8-11-14/h6-8,10-11,13,15H,3-5,9,12H2,1-2H3,(H,18,19). The Hall–Kier alpha value is -1.02. The van der Waals surface area contributed by atoms with Gasteiger partial charge in [0, 0.05) is 12.5 Å². The van der Waals surface area contributed by atoms with E-state index in [4.69, 9.17) is 11.6 Å². The molecule has 0 saturated heterocycles. The van der Waals surface area contributed by atoms with Crippen LogP contribution in [0, 0.1) is 5.92 Å². The monoisotopic (exact) mass is 281 g/mol. The topological polar surface area (TPSA) is 29.1 Å². The third-order valence-corrected chi connectivity index (χ3v) is 3.79. The van der Waals surface area contributed by atoms with Crippen LogP contribution in [0.3, 0.4) is 0 Å². The zero-order chi connectivity index (χ0) is 14.1. The molecule has 2 unspecified atom stereocenters. The Morgan fingerprint density at radius 1 is 1.26 bits per heavy atom.